The van der Waals surface area contributed by atoms with E-state index < -0.39 is 6.04 Å². The summed E-state index contributed by atoms with van der Waals surface area (Å²) in [6.07, 6.45) is 7.08. The minimum Gasteiger partial charge on any atom is -0.343 e. The molecule has 37 heavy (non-hydrogen) atoms. The fourth-order valence-corrected chi connectivity index (χ4v) is 6.84. The van der Waals surface area contributed by atoms with E-state index in [4.69, 9.17) is 4.98 Å². The lowest BCUT2D eigenvalue weighted by Crippen LogP contribution is -2.55. The number of para-hydroxylation sites is 1. The number of likely N-dealkylation sites (tertiary alicyclic amines) is 1. The molecule has 2 aliphatic rings. The van der Waals surface area contributed by atoms with Crippen molar-refractivity contribution in [3.8, 4) is 11.1 Å². The van der Waals surface area contributed by atoms with E-state index in [1.54, 1.807) is 30.5 Å². The van der Waals surface area contributed by atoms with Crippen molar-refractivity contribution in [2.45, 2.75) is 70.0 Å². The van der Waals surface area contributed by atoms with Crippen LogP contribution < -0.4 is 10.6 Å². The summed E-state index contributed by atoms with van der Waals surface area (Å²) >= 11 is 1.62. The van der Waals surface area contributed by atoms with Crippen molar-refractivity contribution < 1.29 is 14.0 Å². The van der Waals surface area contributed by atoms with Crippen LogP contribution in [0.3, 0.4) is 0 Å². The molecule has 1 saturated heterocycles. The normalized spacial score (nSPS) is 20.2. The molecule has 1 saturated carbocycles. The van der Waals surface area contributed by atoms with Gasteiger partial charge in [-0.25, -0.2) is 9.37 Å². The molecule has 2 fully saturated rings. The molecule has 0 spiro atoms. The number of hydrogen-bond acceptors (Lipinski definition) is 5. The van der Waals surface area contributed by atoms with Crippen LogP contribution in [0.5, 0.6) is 0 Å². The third-order valence-electron chi connectivity index (χ3n) is 7.92. The van der Waals surface area contributed by atoms with Crippen LogP contribution in [0.2, 0.25) is 0 Å². The van der Waals surface area contributed by atoms with Crippen molar-refractivity contribution in [2.24, 2.45) is 5.92 Å². The number of thiazole rings is 1. The number of fused-ring (bicyclic) bond motifs is 1. The Kier molecular flexibility index (Phi) is 7.86. The molecule has 1 aliphatic heterocycles. The highest BCUT2D eigenvalue weighted by molar-refractivity contribution is 7.18. The Hall–Kier alpha value is -2.84. The Balaban J connectivity index is 1.44. The Labute approximate surface area is 221 Å². The highest BCUT2D eigenvalue weighted by Gasteiger charge is 2.40. The van der Waals surface area contributed by atoms with Gasteiger partial charge in [-0.15, -0.1) is 11.3 Å². The van der Waals surface area contributed by atoms with Gasteiger partial charge in [-0.1, -0.05) is 43.5 Å². The molecule has 5 rings (SSSR count). The predicted octanol–water partition coefficient (Wildman–Crippen LogP) is 5.44. The van der Waals surface area contributed by atoms with E-state index in [1.807, 2.05) is 24.0 Å². The molecule has 3 atom stereocenters. The second-order valence-electron chi connectivity index (χ2n) is 10.3. The maximum atomic E-state index is 14.0. The second-order valence-corrected chi connectivity index (χ2v) is 11.4. The molecule has 0 bridgehead atoms. The van der Waals surface area contributed by atoms with E-state index in [9.17, 15) is 14.0 Å². The van der Waals surface area contributed by atoms with Crippen LogP contribution in [0, 0.1) is 11.7 Å². The third kappa shape index (κ3) is 5.41. The first-order valence-electron chi connectivity index (χ1n) is 13.4. The first kappa shape index (κ1) is 25.8. The number of amides is 2. The molecule has 2 N–H and O–H groups in total. The maximum absolute atomic E-state index is 14.0. The van der Waals surface area contributed by atoms with Gasteiger partial charge in [0, 0.05) is 12.1 Å². The Bertz CT molecular complexity index is 1250. The van der Waals surface area contributed by atoms with E-state index in [-0.39, 0.29) is 35.6 Å². The van der Waals surface area contributed by atoms with E-state index in [2.05, 4.69) is 16.7 Å². The van der Waals surface area contributed by atoms with Gasteiger partial charge >= 0.3 is 0 Å². The highest BCUT2D eigenvalue weighted by Crippen LogP contribution is 2.40. The number of halogens is 1. The van der Waals surface area contributed by atoms with Crippen molar-refractivity contribution in [3.63, 3.8) is 0 Å². The minimum atomic E-state index is -0.506. The molecule has 1 aromatic heterocycles. The molecule has 6 nitrogen and oxygen atoms in total. The van der Waals surface area contributed by atoms with Crippen molar-refractivity contribution in [1.29, 1.82) is 0 Å². The molecule has 1 aliphatic carbocycles. The minimum absolute atomic E-state index is 0.0177. The quantitative estimate of drug-likeness (QED) is 0.433. The first-order chi connectivity index (χ1) is 18.0. The Morgan fingerprint density at radius 2 is 1.81 bits per heavy atom. The predicted molar refractivity (Wildman–Crippen MR) is 146 cm³/mol. The van der Waals surface area contributed by atoms with Crippen molar-refractivity contribution in [2.75, 3.05) is 13.6 Å². The van der Waals surface area contributed by atoms with Crippen molar-refractivity contribution in [1.82, 2.24) is 20.5 Å². The number of hydrogen-bond donors (Lipinski definition) is 2. The van der Waals surface area contributed by atoms with E-state index >= 15 is 0 Å². The van der Waals surface area contributed by atoms with Crippen LogP contribution in [0.1, 0.15) is 62.9 Å². The topological polar surface area (TPSA) is 74.3 Å². The van der Waals surface area contributed by atoms with Gasteiger partial charge in [0.05, 0.1) is 22.3 Å². The summed E-state index contributed by atoms with van der Waals surface area (Å²) in [5.74, 6) is -0.218. The number of carbonyl (C=O) groups excluding carboxylic acids is 2. The highest BCUT2D eigenvalue weighted by atomic mass is 32.1. The number of nitrogens with zero attached hydrogens (tertiary/aromatic N) is 2. The standard InChI is InChI=1S/C29H35FN4O2S/c1-18(31-2)27(35)32-25(20-8-4-3-5-9-20)29(36)34-17-7-11-23(34)28-33-26-22(10-6-12-24(26)37-28)19-13-15-21(30)16-14-19/h6,10,12-16,18,20,23,25,31H,3-5,7-9,11,17H2,1-2H3,(H,32,35)/t18-,23-,25-/m0/s1. The number of rotatable bonds is 7. The molecule has 196 valence electrons. The summed E-state index contributed by atoms with van der Waals surface area (Å²) < 4.78 is 14.6. The Morgan fingerprint density at radius 3 is 2.54 bits per heavy atom. The van der Waals surface area contributed by atoms with Gasteiger partial charge in [0.25, 0.3) is 0 Å². The summed E-state index contributed by atoms with van der Waals surface area (Å²) in [6, 6.07) is 11.6. The lowest BCUT2D eigenvalue weighted by Gasteiger charge is -2.35. The molecule has 2 aromatic carbocycles. The van der Waals surface area contributed by atoms with Crippen molar-refractivity contribution in [3.05, 3.63) is 53.3 Å². The molecule has 8 heteroatoms. The third-order valence-corrected chi connectivity index (χ3v) is 9.04. The van der Waals surface area contributed by atoms with Gasteiger partial charge in [0.1, 0.15) is 16.9 Å². The van der Waals surface area contributed by atoms with Crippen LogP contribution in [0.15, 0.2) is 42.5 Å². The van der Waals surface area contributed by atoms with Gasteiger partial charge in [-0.3, -0.25) is 9.59 Å². The van der Waals surface area contributed by atoms with Crippen LogP contribution in [-0.2, 0) is 9.59 Å². The SMILES string of the molecule is CN[C@@H](C)C(=O)N[C@H](C(=O)N1CCC[C@H]1c1nc2c(-c3ccc(F)cc3)cccc2s1)C1CCCCC1. The summed E-state index contributed by atoms with van der Waals surface area (Å²) in [4.78, 5) is 33.9. The number of carbonyl (C=O) groups is 2. The molecule has 0 unspecified atom stereocenters. The summed E-state index contributed by atoms with van der Waals surface area (Å²) in [5.41, 5.74) is 2.76. The largest absolute Gasteiger partial charge is 0.343 e. The molecule has 2 amide bonds. The number of aromatic nitrogens is 1. The molecule has 2 heterocycles. The van der Waals surface area contributed by atoms with Gasteiger partial charge < -0.3 is 15.5 Å². The molecular weight excluding hydrogens is 487 g/mol. The maximum Gasteiger partial charge on any atom is 0.246 e. The average Bonchev–Trinajstić information content (AvgIpc) is 3.59. The number of likely N-dealkylation sites (N-methyl/N-ethyl adjacent to an activating group) is 1. The van der Waals surface area contributed by atoms with E-state index in [1.165, 1.54) is 18.6 Å². The number of nitrogens with one attached hydrogen (secondary N) is 2. The average molecular weight is 523 g/mol. The summed E-state index contributed by atoms with van der Waals surface area (Å²) in [7, 11) is 1.76. The van der Waals surface area contributed by atoms with Crippen LogP contribution in [0.4, 0.5) is 4.39 Å². The van der Waals surface area contributed by atoms with E-state index in [0.29, 0.717) is 6.54 Å². The van der Waals surface area contributed by atoms with Crippen LogP contribution in [-0.4, -0.2) is 47.4 Å². The fourth-order valence-electron chi connectivity index (χ4n) is 5.69. The fraction of sp³-hybridized carbons (Fsp3) is 0.483. The zero-order valence-corrected chi connectivity index (χ0v) is 22.3. The second kappa shape index (κ2) is 11.3. The smallest absolute Gasteiger partial charge is 0.246 e. The van der Waals surface area contributed by atoms with Gasteiger partial charge in [0.2, 0.25) is 11.8 Å². The Morgan fingerprint density at radius 1 is 1.05 bits per heavy atom. The summed E-state index contributed by atoms with van der Waals surface area (Å²) in [5, 5.41) is 7.02. The van der Waals surface area contributed by atoms with Crippen LogP contribution >= 0.6 is 11.3 Å². The van der Waals surface area contributed by atoms with Gasteiger partial charge in [-0.05, 0) is 69.3 Å². The zero-order valence-electron chi connectivity index (χ0n) is 21.5. The molecule has 0 radical (unpaired) electrons. The van der Waals surface area contributed by atoms with E-state index in [0.717, 1.165) is 64.9 Å². The zero-order chi connectivity index (χ0) is 25.9. The number of benzene rings is 2. The summed E-state index contributed by atoms with van der Waals surface area (Å²) in [6.45, 7) is 2.49. The molecular formula is C29H35FN4O2S. The monoisotopic (exact) mass is 522 g/mol. The van der Waals surface area contributed by atoms with Gasteiger partial charge in [-0.2, -0.15) is 0 Å². The van der Waals surface area contributed by atoms with Crippen molar-refractivity contribution >= 4 is 33.4 Å². The first-order valence-corrected chi connectivity index (χ1v) is 14.2. The lowest BCUT2D eigenvalue weighted by molar-refractivity contribution is -0.139. The van der Waals surface area contributed by atoms with Gasteiger partial charge in [0.15, 0.2) is 0 Å². The molecule has 3 aromatic rings. The lowest BCUT2D eigenvalue weighted by atomic mass is 9.83. The van der Waals surface area contributed by atoms with Crippen LogP contribution in [0.25, 0.3) is 21.3 Å².